The molecule has 1 aliphatic heterocycles. The van der Waals surface area contributed by atoms with Crippen LogP contribution in [0.4, 0.5) is 10.5 Å². The van der Waals surface area contributed by atoms with Gasteiger partial charge >= 0.3 is 6.03 Å². The van der Waals surface area contributed by atoms with Gasteiger partial charge in [0.05, 0.1) is 19.0 Å². The van der Waals surface area contributed by atoms with Gasteiger partial charge in [0, 0.05) is 25.5 Å². The minimum atomic E-state index is -0.112. The lowest BCUT2D eigenvalue weighted by Crippen LogP contribution is -2.37. The molecule has 45 heavy (non-hydrogen) atoms. The Morgan fingerprint density at radius 3 is 2.13 bits per heavy atom. The number of hydrogen-bond acceptors (Lipinski definition) is 4. The van der Waals surface area contributed by atoms with E-state index in [1.807, 2.05) is 28.8 Å². The zero-order valence-corrected chi connectivity index (χ0v) is 31.5. The highest BCUT2D eigenvalue weighted by Gasteiger charge is 2.22. The van der Waals surface area contributed by atoms with Crippen molar-refractivity contribution in [2.45, 2.75) is 130 Å². The molecular formula is C38H60BrN3O2S. The highest BCUT2D eigenvalue weighted by Crippen LogP contribution is 2.33. The number of unbranched alkanes of at least 4 members (excludes halogenated alkanes) is 11. The average Bonchev–Trinajstić information content (AvgIpc) is 3.41. The minimum absolute atomic E-state index is 0. The Bertz CT molecular complexity index is 1180. The summed E-state index contributed by atoms with van der Waals surface area (Å²) in [6.45, 7) is 13.2. The van der Waals surface area contributed by atoms with Crippen LogP contribution in [-0.4, -0.2) is 30.5 Å². The summed E-state index contributed by atoms with van der Waals surface area (Å²) in [6, 6.07) is 14.7. The second-order valence-corrected chi connectivity index (χ2v) is 14.6. The number of benzene rings is 2. The minimum Gasteiger partial charge on any atom is -0.493 e. The molecule has 0 atom stereocenters. The number of urea groups is 1. The Hall–Kier alpha value is -2.12. The van der Waals surface area contributed by atoms with E-state index >= 15 is 0 Å². The number of thioether (sulfide) groups is 1. The van der Waals surface area contributed by atoms with Crippen LogP contribution in [0.2, 0.25) is 0 Å². The molecule has 5 nitrogen and oxygen atoms in total. The Labute approximate surface area is 289 Å². The smallest absolute Gasteiger partial charge is 0.321 e. The fraction of sp³-hybridized carbons (Fsp3) is 0.605. The van der Waals surface area contributed by atoms with Crippen molar-refractivity contribution in [2.75, 3.05) is 24.4 Å². The van der Waals surface area contributed by atoms with E-state index in [0.717, 1.165) is 42.4 Å². The van der Waals surface area contributed by atoms with E-state index < -0.39 is 0 Å². The van der Waals surface area contributed by atoms with Gasteiger partial charge in [0.25, 0.3) is 0 Å². The summed E-state index contributed by atoms with van der Waals surface area (Å²) in [5, 5.41) is 2.85. The largest absolute Gasteiger partial charge is 0.493 e. The van der Waals surface area contributed by atoms with Crippen molar-refractivity contribution in [2.24, 2.45) is 0 Å². The summed E-state index contributed by atoms with van der Waals surface area (Å²) in [4.78, 5) is 18.6. The van der Waals surface area contributed by atoms with E-state index in [2.05, 4.69) is 81.4 Å². The fourth-order valence-electron chi connectivity index (χ4n) is 5.78. The number of ether oxygens (including phenoxy) is 1. The first-order chi connectivity index (χ1) is 21.2. The molecule has 1 aliphatic rings. The van der Waals surface area contributed by atoms with Gasteiger partial charge in [0.1, 0.15) is 5.75 Å². The van der Waals surface area contributed by atoms with Crippen molar-refractivity contribution < 1.29 is 9.53 Å². The zero-order valence-electron chi connectivity index (χ0n) is 29.0. The van der Waals surface area contributed by atoms with E-state index in [9.17, 15) is 4.79 Å². The van der Waals surface area contributed by atoms with E-state index in [1.54, 1.807) is 7.05 Å². The average molecular weight is 703 g/mol. The Morgan fingerprint density at radius 2 is 1.56 bits per heavy atom. The maximum atomic E-state index is 13.1. The normalized spacial score (nSPS) is 12.9. The summed E-state index contributed by atoms with van der Waals surface area (Å²) in [7, 11) is 1.70. The highest BCUT2D eigenvalue weighted by molar-refractivity contribution is 8.93. The van der Waals surface area contributed by atoms with Gasteiger partial charge in [-0.3, -0.25) is 4.90 Å². The van der Waals surface area contributed by atoms with Gasteiger partial charge in [-0.2, -0.15) is 0 Å². The number of nitrogens with one attached hydrogen (secondary N) is 1. The molecule has 0 bridgehead atoms. The number of carbonyl (C=O) groups excluding carboxylic acids is 1. The lowest BCUT2D eigenvalue weighted by atomic mass is 9.85. The number of allylic oxidation sites excluding steroid dienone is 1. The molecule has 0 unspecified atom stereocenters. The molecule has 0 radical (unpaired) electrons. The van der Waals surface area contributed by atoms with Crippen LogP contribution in [0.3, 0.4) is 0 Å². The molecule has 0 saturated carbocycles. The molecule has 7 heteroatoms. The summed E-state index contributed by atoms with van der Waals surface area (Å²) >= 11 is 1.87. The van der Waals surface area contributed by atoms with E-state index in [4.69, 9.17) is 4.74 Å². The Morgan fingerprint density at radius 1 is 0.911 bits per heavy atom. The third kappa shape index (κ3) is 14.0. The van der Waals surface area contributed by atoms with Crippen LogP contribution in [0.15, 0.2) is 53.6 Å². The molecule has 2 aromatic carbocycles. The predicted molar refractivity (Wildman–Crippen MR) is 201 cm³/mol. The van der Waals surface area contributed by atoms with Crippen molar-refractivity contribution >= 4 is 40.5 Å². The van der Waals surface area contributed by atoms with Gasteiger partial charge in [0.15, 0.2) is 0 Å². The lowest BCUT2D eigenvalue weighted by Gasteiger charge is -2.27. The summed E-state index contributed by atoms with van der Waals surface area (Å²) < 4.78 is 6.35. The molecule has 2 aromatic rings. The van der Waals surface area contributed by atoms with Crippen LogP contribution in [-0.2, 0) is 18.5 Å². The number of anilines is 1. The standard InChI is InChI=1S/C38H59N3O2S.BrH/c1-7-8-9-10-11-12-13-14-15-16-17-18-24-43-36-23-22-33(26-35(36)38(3,4)5)29-41(37(42)39-6)34-21-19-20-32(25-34)28-40-27-31(2)44-30-40;/h19-23,25-27H,7-18,24,28-30H2,1-6H3,(H,39,42);1H. The van der Waals surface area contributed by atoms with E-state index in [-0.39, 0.29) is 28.4 Å². The topological polar surface area (TPSA) is 44.8 Å². The first kappa shape index (κ1) is 39.1. The van der Waals surface area contributed by atoms with E-state index in [1.165, 1.54) is 86.7 Å². The summed E-state index contributed by atoms with van der Waals surface area (Å²) in [5.74, 6) is 1.93. The second kappa shape index (κ2) is 20.9. The number of hydrogen-bond donors (Lipinski definition) is 1. The van der Waals surface area contributed by atoms with Gasteiger partial charge in [-0.25, -0.2) is 4.79 Å². The van der Waals surface area contributed by atoms with Gasteiger partial charge in [-0.1, -0.05) is 117 Å². The first-order valence-corrected chi connectivity index (χ1v) is 18.1. The van der Waals surface area contributed by atoms with Crippen LogP contribution in [0.25, 0.3) is 0 Å². The van der Waals surface area contributed by atoms with Crippen molar-refractivity contribution in [1.82, 2.24) is 10.2 Å². The Balaban J connectivity index is 0.00000705. The number of rotatable bonds is 19. The monoisotopic (exact) mass is 701 g/mol. The van der Waals surface area contributed by atoms with Gasteiger partial charge in [-0.05, 0) is 64.6 Å². The molecule has 0 aromatic heterocycles. The third-order valence-corrected chi connectivity index (χ3v) is 9.36. The zero-order chi connectivity index (χ0) is 31.8. The summed E-state index contributed by atoms with van der Waals surface area (Å²) in [5.41, 5.74) is 4.31. The molecule has 1 heterocycles. The second-order valence-electron chi connectivity index (χ2n) is 13.4. The molecule has 1 N–H and O–H groups in total. The predicted octanol–water partition coefficient (Wildman–Crippen LogP) is 11.4. The van der Waals surface area contributed by atoms with Gasteiger partial charge in [0.2, 0.25) is 0 Å². The van der Waals surface area contributed by atoms with Crippen molar-refractivity contribution in [1.29, 1.82) is 0 Å². The van der Waals surface area contributed by atoms with Crippen LogP contribution in [0.5, 0.6) is 5.75 Å². The fourth-order valence-corrected chi connectivity index (χ4v) is 6.53. The third-order valence-electron chi connectivity index (χ3n) is 8.34. The number of carbonyl (C=O) groups is 1. The van der Waals surface area contributed by atoms with Crippen molar-refractivity contribution in [3.63, 3.8) is 0 Å². The SMILES string of the molecule is Br.CCCCCCCCCCCCCCOc1ccc(CN(C(=O)NC)c2cccc(CN3C=C(C)SC3)c2)cc1C(C)(C)C. The maximum Gasteiger partial charge on any atom is 0.321 e. The molecule has 0 saturated heterocycles. The first-order valence-electron chi connectivity index (χ1n) is 17.1. The van der Waals surface area contributed by atoms with Crippen LogP contribution in [0.1, 0.15) is 128 Å². The van der Waals surface area contributed by atoms with Gasteiger partial charge in [-0.15, -0.1) is 28.7 Å². The number of nitrogens with zero attached hydrogens (tertiary/aromatic N) is 2. The highest BCUT2D eigenvalue weighted by atomic mass is 79.9. The summed E-state index contributed by atoms with van der Waals surface area (Å²) in [6.07, 6.45) is 18.3. The molecule has 2 amide bonds. The van der Waals surface area contributed by atoms with Gasteiger partial charge < -0.3 is 15.0 Å². The number of amides is 2. The van der Waals surface area contributed by atoms with Crippen molar-refractivity contribution in [3.05, 3.63) is 70.3 Å². The van der Waals surface area contributed by atoms with Crippen LogP contribution in [0, 0.1) is 0 Å². The van der Waals surface area contributed by atoms with Crippen LogP contribution >= 0.6 is 28.7 Å². The van der Waals surface area contributed by atoms with E-state index in [0.29, 0.717) is 6.54 Å². The molecule has 3 rings (SSSR count). The van der Waals surface area contributed by atoms with Crippen LogP contribution < -0.4 is 15.0 Å². The quantitative estimate of drug-likeness (QED) is 0.148. The Kier molecular flexibility index (Phi) is 18.1. The number of halogens is 1. The molecule has 0 spiro atoms. The molecule has 0 aliphatic carbocycles. The molecule has 252 valence electrons. The molecule has 0 fully saturated rings. The lowest BCUT2D eigenvalue weighted by molar-refractivity contribution is 0.248. The maximum absolute atomic E-state index is 13.1. The molecular weight excluding hydrogens is 642 g/mol. The van der Waals surface area contributed by atoms with Crippen molar-refractivity contribution in [3.8, 4) is 5.75 Å².